The molecule has 3 rings (SSSR count). The Morgan fingerprint density at radius 1 is 1.25 bits per heavy atom. The molecule has 5 heteroatoms. The number of anilines is 1. The molecule has 0 spiro atoms. The summed E-state index contributed by atoms with van der Waals surface area (Å²) in [5, 5.41) is 7.45. The molecule has 0 amide bonds. The molecule has 0 saturated carbocycles. The molecule has 1 fully saturated rings. The van der Waals surface area contributed by atoms with Gasteiger partial charge in [-0.25, -0.2) is 9.67 Å². The Bertz CT molecular complexity index is 447. The second kappa shape index (κ2) is 3.94. The number of nitrogens with one attached hydrogen (secondary N) is 1. The van der Waals surface area contributed by atoms with E-state index in [1.165, 1.54) is 6.33 Å². The van der Waals surface area contributed by atoms with Gasteiger partial charge in [0.25, 0.3) is 0 Å². The SMILES string of the molecule is c1ncn(-c2ccc(NC3COC3)cc2)n1. The first-order valence-corrected chi connectivity index (χ1v) is 5.21. The average Bonchev–Trinajstić information content (AvgIpc) is 2.78. The van der Waals surface area contributed by atoms with Gasteiger partial charge in [0.1, 0.15) is 12.7 Å². The molecule has 1 N–H and O–H groups in total. The van der Waals surface area contributed by atoms with Crippen LogP contribution in [0, 0.1) is 0 Å². The van der Waals surface area contributed by atoms with Crippen molar-refractivity contribution in [1.82, 2.24) is 14.8 Å². The van der Waals surface area contributed by atoms with Crippen molar-refractivity contribution in [1.29, 1.82) is 0 Å². The van der Waals surface area contributed by atoms with Crippen LogP contribution in [0.2, 0.25) is 0 Å². The number of rotatable bonds is 3. The summed E-state index contributed by atoms with van der Waals surface area (Å²) in [5.74, 6) is 0. The number of hydrogen-bond donors (Lipinski definition) is 1. The molecule has 16 heavy (non-hydrogen) atoms. The summed E-state index contributed by atoms with van der Waals surface area (Å²) >= 11 is 0. The van der Waals surface area contributed by atoms with Gasteiger partial charge in [0.2, 0.25) is 0 Å². The van der Waals surface area contributed by atoms with E-state index in [9.17, 15) is 0 Å². The fraction of sp³-hybridized carbons (Fsp3) is 0.273. The van der Waals surface area contributed by atoms with Crippen LogP contribution < -0.4 is 5.32 Å². The highest BCUT2D eigenvalue weighted by Crippen LogP contribution is 2.15. The summed E-state index contributed by atoms with van der Waals surface area (Å²) in [6, 6.07) is 8.55. The zero-order chi connectivity index (χ0) is 10.8. The van der Waals surface area contributed by atoms with E-state index in [0.29, 0.717) is 6.04 Å². The van der Waals surface area contributed by atoms with Gasteiger partial charge in [-0.1, -0.05) is 0 Å². The molecule has 0 bridgehead atoms. The topological polar surface area (TPSA) is 52.0 Å². The Balaban J connectivity index is 1.74. The van der Waals surface area contributed by atoms with E-state index >= 15 is 0 Å². The summed E-state index contributed by atoms with van der Waals surface area (Å²) in [6.45, 7) is 1.59. The summed E-state index contributed by atoms with van der Waals surface area (Å²) in [6.07, 6.45) is 3.21. The van der Waals surface area contributed by atoms with E-state index in [4.69, 9.17) is 4.74 Å². The van der Waals surface area contributed by atoms with Gasteiger partial charge >= 0.3 is 0 Å². The van der Waals surface area contributed by atoms with Gasteiger partial charge in [0.15, 0.2) is 0 Å². The molecule has 0 unspecified atom stereocenters. The van der Waals surface area contributed by atoms with E-state index < -0.39 is 0 Å². The highest BCUT2D eigenvalue weighted by Gasteiger charge is 2.17. The zero-order valence-electron chi connectivity index (χ0n) is 8.71. The third kappa shape index (κ3) is 1.77. The predicted octanol–water partition coefficient (Wildman–Crippen LogP) is 1.08. The van der Waals surface area contributed by atoms with Crippen molar-refractivity contribution in [3.8, 4) is 5.69 Å². The minimum Gasteiger partial charge on any atom is -0.378 e. The molecular weight excluding hydrogens is 204 g/mol. The first-order valence-electron chi connectivity index (χ1n) is 5.21. The van der Waals surface area contributed by atoms with E-state index in [2.05, 4.69) is 15.4 Å². The molecule has 0 atom stereocenters. The van der Waals surface area contributed by atoms with Crippen molar-refractivity contribution in [3.63, 3.8) is 0 Å². The summed E-state index contributed by atoms with van der Waals surface area (Å²) in [7, 11) is 0. The highest BCUT2D eigenvalue weighted by molar-refractivity contribution is 5.49. The number of benzene rings is 1. The first-order chi connectivity index (χ1) is 7.92. The number of nitrogens with zero attached hydrogens (tertiary/aromatic N) is 3. The van der Waals surface area contributed by atoms with Crippen LogP contribution in [0.4, 0.5) is 5.69 Å². The molecule has 1 aromatic heterocycles. The number of ether oxygens (including phenoxy) is 1. The second-order valence-corrected chi connectivity index (χ2v) is 3.77. The molecule has 1 aromatic carbocycles. The lowest BCUT2D eigenvalue weighted by Crippen LogP contribution is -2.40. The second-order valence-electron chi connectivity index (χ2n) is 3.77. The van der Waals surface area contributed by atoms with Gasteiger partial charge in [0, 0.05) is 5.69 Å². The van der Waals surface area contributed by atoms with Gasteiger partial charge in [-0.15, -0.1) is 0 Å². The lowest BCUT2D eigenvalue weighted by molar-refractivity contribution is 0.0211. The Morgan fingerprint density at radius 3 is 2.62 bits per heavy atom. The lowest BCUT2D eigenvalue weighted by Gasteiger charge is -2.27. The minimum atomic E-state index is 0.456. The molecule has 0 radical (unpaired) electrons. The normalized spacial score (nSPS) is 15.8. The molecule has 1 aliphatic heterocycles. The Hall–Kier alpha value is -1.88. The van der Waals surface area contributed by atoms with Gasteiger partial charge in [-0.3, -0.25) is 0 Å². The van der Waals surface area contributed by atoms with Crippen LogP contribution in [-0.4, -0.2) is 34.0 Å². The molecule has 82 valence electrons. The van der Waals surface area contributed by atoms with Gasteiger partial charge in [0.05, 0.1) is 24.9 Å². The van der Waals surface area contributed by atoms with Crippen molar-refractivity contribution in [2.75, 3.05) is 18.5 Å². The van der Waals surface area contributed by atoms with Crippen molar-refractivity contribution in [3.05, 3.63) is 36.9 Å². The first kappa shape index (κ1) is 9.35. The Labute approximate surface area is 93.1 Å². The quantitative estimate of drug-likeness (QED) is 0.834. The van der Waals surface area contributed by atoms with E-state index in [1.54, 1.807) is 11.0 Å². The summed E-state index contributed by atoms with van der Waals surface area (Å²) in [5.41, 5.74) is 2.12. The Morgan fingerprint density at radius 2 is 2.06 bits per heavy atom. The molecule has 1 aliphatic rings. The third-order valence-corrected chi connectivity index (χ3v) is 2.56. The summed E-state index contributed by atoms with van der Waals surface area (Å²) < 4.78 is 6.84. The van der Waals surface area contributed by atoms with Crippen molar-refractivity contribution < 1.29 is 4.74 Å². The lowest BCUT2D eigenvalue weighted by atomic mass is 10.2. The molecule has 2 aromatic rings. The maximum Gasteiger partial charge on any atom is 0.138 e. The maximum absolute atomic E-state index is 5.10. The van der Waals surface area contributed by atoms with Crippen LogP contribution in [0.15, 0.2) is 36.9 Å². The van der Waals surface area contributed by atoms with Crippen LogP contribution in [-0.2, 0) is 4.74 Å². The number of hydrogen-bond acceptors (Lipinski definition) is 4. The smallest absolute Gasteiger partial charge is 0.138 e. The minimum absolute atomic E-state index is 0.456. The number of aromatic nitrogens is 3. The zero-order valence-corrected chi connectivity index (χ0v) is 8.71. The molecule has 0 aliphatic carbocycles. The standard InChI is InChI=1S/C11H12N4O/c1-3-11(15-8-12-7-13-15)4-2-9(1)14-10-5-16-6-10/h1-4,7-8,10,14H,5-6H2. The van der Waals surface area contributed by atoms with Crippen LogP contribution in [0.25, 0.3) is 5.69 Å². The van der Waals surface area contributed by atoms with Gasteiger partial charge < -0.3 is 10.1 Å². The molecule has 1 saturated heterocycles. The molecule has 5 nitrogen and oxygen atoms in total. The monoisotopic (exact) mass is 216 g/mol. The van der Waals surface area contributed by atoms with Crippen molar-refractivity contribution in [2.45, 2.75) is 6.04 Å². The largest absolute Gasteiger partial charge is 0.378 e. The van der Waals surface area contributed by atoms with Gasteiger partial charge in [-0.2, -0.15) is 5.10 Å². The van der Waals surface area contributed by atoms with E-state index in [0.717, 1.165) is 24.6 Å². The van der Waals surface area contributed by atoms with Crippen LogP contribution in [0.5, 0.6) is 0 Å². The third-order valence-electron chi connectivity index (χ3n) is 2.56. The molecular formula is C11H12N4O. The van der Waals surface area contributed by atoms with Gasteiger partial charge in [-0.05, 0) is 24.3 Å². The van der Waals surface area contributed by atoms with Crippen molar-refractivity contribution in [2.24, 2.45) is 0 Å². The van der Waals surface area contributed by atoms with E-state index in [1.807, 2.05) is 24.3 Å². The maximum atomic E-state index is 5.10. The molecule has 2 heterocycles. The van der Waals surface area contributed by atoms with Crippen molar-refractivity contribution >= 4 is 5.69 Å². The fourth-order valence-electron chi connectivity index (χ4n) is 1.61. The van der Waals surface area contributed by atoms with Crippen LogP contribution in [0.3, 0.4) is 0 Å². The van der Waals surface area contributed by atoms with Crippen LogP contribution in [0.1, 0.15) is 0 Å². The Kier molecular flexibility index (Phi) is 2.30. The average molecular weight is 216 g/mol. The fourth-order valence-corrected chi connectivity index (χ4v) is 1.61. The predicted molar refractivity (Wildman–Crippen MR) is 59.6 cm³/mol. The van der Waals surface area contributed by atoms with Crippen LogP contribution >= 0.6 is 0 Å². The summed E-state index contributed by atoms with van der Waals surface area (Å²) in [4.78, 5) is 3.91. The highest BCUT2D eigenvalue weighted by atomic mass is 16.5. The van der Waals surface area contributed by atoms with E-state index in [-0.39, 0.29) is 0 Å².